The van der Waals surface area contributed by atoms with E-state index in [2.05, 4.69) is 4.90 Å². The van der Waals surface area contributed by atoms with Crippen LogP contribution in [-0.4, -0.2) is 49.2 Å². The lowest BCUT2D eigenvalue weighted by Gasteiger charge is -2.37. The van der Waals surface area contributed by atoms with Gasteiger partial charge in [0.2, 0.25) is 0 Å². The highest BCUT2D eigenvalue weighted by atomic mass is 19.1. The SMILES string of the molecule is O=C(c1ccccc1)C1CC(F)CCN1CCCC1(c2ccc(F)cc2)OCCO1. The number of carbonyl (C=O) groups is 1. The molecule has 4 rings (SSSR count). The first-order valence-electron chi connectivity index (χ1n) is 10.6. The van der Waals surface area contributed by atoms with Crippen LogP contribution in [0.15, 0.2) is 54.6 Å². The highest BCUT2D eigenvalue weighted by Crippen LogP contribution is 2.36. The second-order valence-electron chi connectivity index (χ2n) is 7.96. The maximum absolute atomic E-state index is 14.1. The predicted octanol–water partition coefficient (Wildman–Crippen LogP) is 4.49. The van der Waals surface area contributed by atoms with Gasteiger partial charge in [0.25, 0.3) is 0 Å². The van der Waals surface area contributed by atoms with Crippen LogP contribution in [0.25, 0.3) is 0 Å². The zero-order valence-corrected chi connectivity index (χ0v) is 16.9. The second kappa shape index (κ2) is 9.33. The molecular weight excluding hydrogens is 388 g/mol. The molecule has 160 valence electrons. The Morgan fingerprint density at radius 2 is 1.77 bits per heavy atom. The van der Waals surface area contributed by atoms with Crippen LogP contribution in [0.3, 0.4) is 0 Å². The van der Waals surface area contributed by atoms with Crippen LogP contribution in [0.2, 0.25) is 0 Å². The number of likely N-dealkylation sites (tertiary alicyclic amines) is 1. The number of hydrogen-bond donors (Lipinski definition) is 0. The summed E-state index contributed by atoms with van der Waals surface area (Å²) >= 11 is 0. The van der Waals surface area contributed by atoms with Crippen molar-refractivity contribution in [3.8, 4) is 0 Å². The van der Waals surface area contributed by atoms with Gasteiger partial charge >= 0.3 is 0 Å². The largest absolute Gasteiger partial charge is 0.343 e. The standard InChI is InChI=1S/C24H27F2NO3/c25-20-9-7-19(8-10-20)24(29-15-16-30-24)12-4-13-27-14-11-21(26)17-22(27)23(28)18-5-2-1-3-6-18/h1-3,5-10,21-22H,4,11-17H2. The van der Waals surface area contributed by atoms with Crippen molar-refractivity contribution < 1.29 is 23.0 Å². The second-order valence-corrected chi connectivity index (χ2v) is 7.96. The number of halogens is 2. The summed E-state index contributed by atoms with van der Waals surface area (Å²) in [6, 6.07) is 14.8. The number of alkyl halides is 1. The minimum atomic E-state index is -0.953. The van der Waals surface area contributed by atoms with E-state index in [1.165, 1.54) is 12.1 Å². The molecule has 0 N–H and O–H groups in total. The summed E-state index contributed by atoms with van der Waals surface area (Å²) in [7, 11) is 0. The molecule has 2 fully saturated rings. The fraction of sp³-hybridized carbons (Fsp3) is 0.458. The number of carbonyl (C=O) groups excluding carboxylic acids is 1. The molecule has 2 aromatic rings. The number of hydrogen-bond acceptors (Lipinski definition) is 4. The first-order valence-corrected chi connectivity index (χ1v) is 10.6. The number of benzene rings is 2. The molecule has 0 bridgehead atoms. The van der Waals surface area contributed by atoms with Crippen molar-refractivity contribution in [1.82, 2.24) is 4.90 Å². The molecule has 6 heteroatoms. The van der Waals surface area contributed by atoms with E-state index in [0.717, 1.165) is 5.56 Å². The summed E-state index contributed by atoms with van der Waals surface area (Å²) in [5.41, 5.74) is 1.41. The molecule has 0 amide bonds. The molecule has 4 nitrogen and oxygen atoms in total. The highest BCUT2D eigenvalue weighted by Gasteiger charge is 2.39. The van der Waals surface area contributed by atoms with Crippen LogP contribution in [0.5, 0.6) is 0 Å². The Bertz CT molecular complexity index is 837. The van der Waals surface area contributed by atoms with E-state index in [0.29, 0.717) is 51.1 Å². The minimum absolute atomic E-state index is 0.0282. The van der Waals surface area contributed by atoms with E-state index >= 15 is 0 Å². The van der Waals surface area contributed by atoms with Crippen LogP contribution >= 0.6 is 0 Å². The lowest BCUT2D eigenvalue weighted by molar-refractivity contribution is -0.172. The summed E-state index contributed by atoms with van der Waals surface area (Å²) in [6.07, 6.45) is 1.01. The zero-order valence-electron chi connectivity index (χ0n) is 16.9. The summed E-state index contributed by atoms with van der Waals surface area (Å²) in [5.74, 6) is -1.21. The monoisotopic (exact) mass is 415 g/mol. The van der Waals surface area contributed by atoms with Gasteiger partial charge in [-0.1, -0.05) is 42.5 Å². The van der Waals surface area contributed by atoms with Crippen LogP contribution in [0.1, 0.15) is 41.6 Å². The topological polar surface area (TPSA) is 38.8 Å². The molecule has 2 saturated heterocycles. The normalized spacial score (nSPS) is 24.1. The Kier molecular flexibility index (Phi) is 6.56. The number of Topliss-reactive ketones (excluding diaryl/α,β-unsaturated/α-hetero) is 1. The average molecular weight is 415 g/mol. The smallest absolute Gasteiger partial charge is 0.195 e. The molecule has 30 heavy (non-hydrogen) atoms. The van der Waals surface area contributed by atoms with Crippen molar-refractivity contribution in [2.75, 3.05) is 26.3 Å². The van der Waals surface area contributed by atoms with Crippen molar-refractivity contribution in [3.05, 3.63) is 71.5 Å². The molecule has 2 heterocycles. The molecule has 2 aliphatic heterocycles. The number of ketones is 1. The molecule has 0 aromatic heterocycles. The molecule has 2 atom stereocenters. The number of nitrogens with zero attached hydrogens (tertiary/aromatic N) is 1. The van der Waals surface area contributed by atoms with Crippen LogP contribution in [0, 0.1) is 5.82 Å². The van der Waals surface area contributed by atoms with E-state index in [1.54, 1.807) is 24.3 Å². The quantitative estimate of drug-likeness (QED) is 0.625. The minimum Gasteiger partial charge on any atom is -0.343 e. The third kappa shape index (κ3) is 4.61. The van der Waals surface area contributed by atoms with Gasteiger partial charge < -0.3 is 9.47 Å². The van der Waals surface area contributed by atoms with Gasteiger partial charge in [-0.25, -0.2) is 8.78 Å². The van der Waals surface area contributed by atoms with Gasteiger partial charge in [-0.15, -0.1) is 0 Å². The van der Waals surface area contributed by atoms with E-state index in [4.69, 9.17) is 9.47 Å². The Hall–Kier alpha value is -2.15. The molecule has 2 aromatic carbocycles. The van der Waals surface area contributed by atoms with Gasteiger partial charge in [-0.3, -0.25) is 9.69 Å². The summed E-state index contributed by atoms with van der Waals surface area (Å²) in [6.45, 7) is 2.17. The first-order chi connectivity index (χ1) is 14.6. The van der Waals surface area contributed by atoms with Crippen molar-refractivity contribution in [2.45, 2.75) is 43.7 Å². The van der Waals surface area contributed by atoms with E-state index in [-0.39, 0.29) is 18.0 Å². The molecular formula is C24H27F2NO3. The zero-order chi connectivity index (χ0) is 21.0. The summed E-state index contributed by atoms with van der Waals surface area (Å²) in [5, 5.41) is 0. The fourth-order valence-electron chi connectivity index (χ4n) is 4.43. The van der Waals surface area contributed by atoms with Gasteiger partial charge in [0.05, 0.1) is 19.3 Å². The van der Waals surface area contributed by atoms with E-state index in [1.807, 2.05) is 18.2 Å². The molecule has 2 aliphatic rings. The Morgan fingerprint density at radius 3 is 2.47 bits per heavy atom. The Morgan fingerprint density at radius 1 is 1.07 bits per heavy atom. The lowest BCUT2D eigenvalue weighted by atomic mass is 9.92. The Balaban J connectivity index is 1.43. The van der Waals surface area contributed by atoms with Crippen molar-refractivity contribution in [2.24, 2.45) is 0 Å². The molecule has 2 unspecified atom stereocenters. The van der Waals surface area contributed by atoms with Crippen molar-refractivity contribution >= 4 is 5.78 Å². The van der Waals surface area contributed by atoms with Gasteiger partial charge in [0, 0.05) is 30.5 Å². The van der Waals surface area contributed by atoms with Gasteiger partial charge in [-0.2, -0.15) is 0 Å². The van der Waals surface area contributed by atoms with E-state index in [9.17, 15) is 13.6 Å². The number of piperidine rings is 1. The van der Waals surface area contributed by atoms with Crippen molar-refractivity contribution in [1.29, 1.82) is 0 Å². The fourth-order valence-corrected chi connectivity index (χ4v) is 4.43. The number of rotatable bonds is 7. The molecule has 0 radical (unpaired) electrons. The van der Waals surface area contributed by atoms with Crippen molar-refractivity contribution in [3.63, 3.8) is 0 Å². The van der Waals surface area contributed by atoms with E-state index < -0.39 is 18.0 Å². The molecule has 0 spiro atoms. The lowest BCUT2D eigenvalue weighted by Crippen LogP contribution is -2.48. The number of ether oxygens (including phenoxy) is 2. The van der Waals surface area contributed by atoms with Crippen LogP contribution in [0.4, 0.5) is 8.78 Å². The highest BCUT2D eigenvalue weighted by molar-refractivity contribution is 6.00. The summed E-state index contributed by atoms with van der Waals surface area (Å²) < 4.78 is 39.3. The third-order valence-corrected chi connectivity index (χ3v) is 6.00. The van der Waals surface area contributed by atoms with Gasteiger partial charge in [-0.05, 0) is 31.5 Å². The summed E-state index contributed by atoms with van der Waals surface area (Å²) in [4.78, 5) is 15.1. The third-order valence-electron chi connectivity index (χ3n) is 6.00. The predicted molar refractivity (Wildman–Crippen MR) is 109 cm³/mol. The van der Waals surface area contributed by atoms with Crippen LogP contribution < -0.4 is 0 Å². The Labute approximate surface area is 175 Å². The average Bonchev–Trinajstić information content (AvgIpc) is 3.25. The molecule has 0 aliphatic carbocycles. The molecule has 0 saturated carbocycles. The van der Waals surface area contributed by atoms with Gasteiger partial charge in [0.15, 0.2) is 11.6 Å². The maximum atomic E-state index is 14.1. The first kappa shape index (κ1) is 21.1. The van der Waals surface area contributed by atoms with Gasteiger partial charge in [0.1, 0.15) is 12.0 Å². The maximum Gasteiger partial charge on any atom is 0.195 e. The van der Waals surface area contributed by atoms with Crippen LogP contribution in [-0.2, 0) is 15.3 Å².